The van der Waals surface area contributed by atoms with Crippen LogP contribution < -0.4 is 10.2 Å². The lowest BCUT2D eigenvalue weighted by atomic mass is 10.1. The molecule has 0 spiro atoms. The number of nitrogens with one attached hydrogen (secondary N) is 1. The van der Waals surface area contributed by atoms with Crippen LogP contribution in [0.5, 0.6) is 0 Å². The Bertz CT molecular complexity index is 1050. The Labute approximate surface area is 181 Å². The van der Waals surface area contributed by atoms with Gasteiger partial charge < -0.3 is 15.5 Å². The molecule has 160 valence electrons. The van der Waals surface area contributed by atoms with Crippen LogP contribution >= 0.6 is 11.8 Å². The second-order valence-corrected chi connectivity index (χ2v) is 7.88. The molecule has 1 saturated heterocycles. The quantitative estimate of drug-likeness (QED) is 0.593. The van der Waals surface area contributed by atoms with E-state index in [2.05, 4.69) is 5.32 Å². The number of hydrogen-bond donors (Lipinski definition) is 3. The van der Waals surface area contributed by atoms with E-state index < -0.39 is 34.2 Å². The van der Waals surface area contributed by atoms with E-state index in [4.69, 9.17) is 10.2 Å². The SMILES string of the molecule is CCc1ccc(N2C(=O)SC(CC(=O)Nc3cc(C(=O)O)cc(C(=O)O)c3)C2=O)cc1. The van der Waals surface area contributed by atoms with Crippen molar-refractivity contribution in [3.05, 3.63) is 59.2 Å². The number of rotatable bonds is 7. The van der Waals surface area contributed by atoms with Crippen molar-refractivity contribution in [2.24, 2.45) is 0 Å². The molecule has 9 nitrogen and oxygen atoms in total. The number of carbonyl (C=O) groups excluding carboxylic acids is 3. The highest BCUT2D eigenvalue weighted by atomic mass is 32.2. The lowest BCUT2D eigenvalue weighted by Crippen LogP contribution is -2.33. The zero-order chi connectivity index (χ0) is 22.7. The summed E-state index contributed by atoms with van der Waals surface area (Å²) < 4.78 is 0. The first-order valence-electron chi connectivity index (χ1n) is 9.24. The monoisotopic (exact) mass is 442 g/mol. The van der Waals surface area contributed by atoms with Crippen molar-refractivity contribution in [1.82, 2.24) is 0 Å². The average Bonchev–Trinajstić information content (AvgIpc) is 3.00. The molecule has 1 fully saturated rings. The normalized spacial score (nSPS) is 15.8. The summed E-state index contributed by atoms with van der Waals surface area (Å²) in [5.41, 5.74) is 0.825. The van der Waals surface area contributed by atoms with Crippen molar-refractivity contribution in [2.45, 2.75) is 25.0 Å². The third-order valence-electron chi connectivity index (χ3n) is 4.61. The van der Waals surface area contributed by atoms with Crippen molar-refractivity contribution < 1.29 is 34.2 Å². The smallest absolute Gasteiger partial charge is 0.335 e. The highest BCUT2D eigenvalue weighted by molar-refractivity contribution is 8.15. The third-order valence-corrected chi connectivity index (χ3v) is 5.64. The molecule has 0 aliphatic carbocycles. The summed E-state index contributed by atoms with van der Waals surface area (Å²) in [5.74, 6) is -3.88. The molecule has 1 aliphatic rings. The van der Waals surface area contributed by atoms with Gasteiger partial charge in [0.2, 0.25) is 11.8 Å². The van der Waals surface area contributed by atoms with Crippen molar-refractivity contribution in [1.29, 1.82) is 0 Å². The van der Waals surface area contributed by atoms with Gasteiger partial charge in [0.1, 0.15) is 5.25 Å². The number of nitrogens with zero attached hydrogens (tertiary/aromatic N) is 1. The minimum atomic E-state index is -1.35. The molecule has 1 atom stereocenters. The molecule has 0 aromatic heterocycles. The fraction of sp³-hybridized carbons (Fsp3) is 0.190. The molecule has 1 unspecified atom stereocenters. The van der Waals surface area contributed by atoms with Crippen LogP contribution in [-0.2, 0) is 16.0 Å². The molecule has 0 radical (unpaired) electrons. The Kier molecular flexibility index (Phi) is 6.40. The number of carbonyl (C=O) groups is 5. The molecule has 10 heteroatoms. The van der Waals surface area contributed by atoms with Crippen molar-refractivity contribution in [2.75, 3.05) is 10.2 Å². The van der Waals surface area contributed by atoms with E-state index in [-0.39, 0.29) is 23.2 Å². The van der Waals surface area contributed by atoms with Crippen molar-refractivity contribution in [3.63, 3.8) is 0 Å². The second-order valence-electron chi connectivity index (χ2n) is 6.73. The summed E-state index contributed by atoms with van der Waals surface area (Å²) in [7, 11) is 0. The molecular weight excluding hydrogens is 424 g/mol. The zero-order valence-electron chi connectivity index (χ0n) is 16.3. The molecular formula is C21H18N2O7S. The van der Waals surface area contributed by atoms with E-state index >= 15 is 0 Å². The van der Waals surface area contributed by atoms with E-state index in [9.17, 15) is 24.0 Å². The van der Waals surface area contributed by atoms with Crippen molar-refractivity contribution in [3.8, 4) is 0 Å². The molecule has 31 heavy (non-hydrogen) atoms. The maximum absolute atomic E-state index is 12.7. The summed E-state index contributed by atoms with van der Waals surface area (Å²) >= 11 is 0.730. The van der Waals surface area contributed by atoms with E-state index in [1.165, 1.54) is 0 Å². The molecule has 0 saturated carbocycles. The summed E-state index contributed by atoms with van der Waals surface area (Å²) in [6, 6.07) is 10.2. The van der Waals surface area contributed by atoms with E-state index in [0.29, 0.717) is 5.69 Å². The Morgan fingerprint density at radius 2 is 1.58 bits per heavy atom. The third kappa shape index (κ3) is 4.92. The molecule has 3 N–H and O–H groups in total. The van der Waals surface area contributed by atoms with Crippen LogP contribution in [0.2, 0.25) is 0 Å². The summed E-state index contributed by atoms with van der Waals surface area (Å²) in [6.45, 7) is 1.98. The molecule has 0 bridgehead atoms. The Balaban J connectivity index is 1.72. The first-order chi connectivity index (χ1) is 14.7. The maximum Gasteiger partial charge on any atom is 0.335 e. The number of anilines is 2. The summed E-state index contributed by atoms with van der Waals surface area (Å²) in [4.78, 5) is 60.8. The van der Waals surface area contributed by atoms with Gasteiger partial charge in [-0.2, -0.15) is 0 Å². The lowest BCUT2D eigenvalue weighted by Gasteiger charge is -2.14. The second kappa shape index (κ2) is 9.00. The van der Waals surface area contributed by atoms with Gasteiger partial charge in [-0.25, -0.2) is 14.5 Å². The summed E-state index contributed by atoms with van der Waals surface area (Å²) in [6.07, 6.45) is 0.477. The van der Waals surface area contributed by atoms with Crippen LogP contribution in [0.1, 0.15) is 39.6 Å². The minimum Gasteiger partial charge on any atom is -0.478 e. The first-order valence-corrected chi connectivity index (χ1v) is 10.1. The van der Waals surface area contributed by atoms with Gasteiger partial charge in [-0.05, 0) is 54.1 Å². The standard InChI is InChI=1S/C21H18N2O7S/c1-2-11-3-5-15(6-4-11)23-18(25)16(31-21(23)30)10-17(24)22-14-8-12(19(26)27)7-13(9-14)20(28)29/h3-9,16H,2,10H2,1H3,(H,22,24)(H,26,27)(H,28,29). The van der Waals surface area contributed by atoms with Gasteiger partial charge in [0.15, 0.2) is 0 Å². The summed E-state index contributed by atoms with van der Waals surface area (Å²) in [5, 5.41) is 19.2. The van der Waals surface area contributed by atoms with Crippen LogP contribution in [-0.4, -0.2) is 44.5 Å². The van der Waals surface area contributed by atoms with E-state index in [1.807, 2.05) is 19.1 Å². The fourth-order valence-electron chi connectivity index (χ4n) is 3.03. The van der Waals surface area contributed by atoms with E-state index in [0.717, 1.165) is 46.8 Å². The van der Waals surface area contributed by atoms with Crippen LogP contribution in [0.25, 0.3) is 0 Å². The average molecular weight is 442 g/mol. The fourth-order valence-corrected chi connectivity index (χ4v) is 4.01. The number of thioether (sulfide) groups is 1. The van der Waals surface area contributed by atoms with Gasteiger partial charge in [-0.1, -0.05) is 19.1 Å². The Morgan fingerprint density at radius 3 is 2.10 bits per heavy atom. The lowest BCUT2D eigenvalue weighted by molar-refractivity contribution is -0.121. The maximum atomic E-state index is 12.7. The molecule has 2 aromatic rings. The predicted octanol–water partition coefficient (Wildman–Crippen LogP) is 3.24. The molecule has 2 aromatic carbocycles. The van der Waals surface area contributed by atoms with Crippen LogP contribution in [0.15, 0.2) is 42.5 Å². The zero-order valence-corrected chi connectivity index (χ0v) is 17.1. The number of carboxylic acids is 2. The van der Waals surface area contributed by atoms with Crippen molar-refractivity contribution >= 4 is 52.1 Å². The van der Waals surface area contributed by atoms with Gasteiger partial charge >= 0.3 is 11.9 Å². The Morgan fingerprint density at radius 1 is 1.00 bits per heavy atom. The van der Waals surface area contributed by atoms with Gasteiger partial charge in [0, 0.05) is 12.1 Å². The van der Waals surface area contributed by atoms with Crippen LogP contribution in [0, 0.1) is 0 Å². The largest absolute Gasteiger partial charge is 0.478 e. The van der Waals surface area contributed by atoms with Crippen LogP contribution in [0.4, 0.5) is 16.2 Å². The van der Waals surface area contributed by atoms with Gasteiger partial charge in [0.05, 0.1) is 16.8 Å². The molecule has 3 amide bonds. The number of amides is 3. The van der Waals surface area contributed by atoms with Gasteiger partial charge in [-0.15, -0.1) is 0 Å². The number of benzene rings is 2. The topological polar surface area (TPSA) is 141 Å². The number of imide groups is 1. The highest BCUT2D eigenvalue weighted by Gasteiger charge is 2.41. The Hall–Kier alpha value is -3.66. The number of aryl methyl sites for hydroxylation is 1. The van der Waals surface area contributed by atoms with Gasteiger partial charge in [0.25, 0.3) is 5.24 Å². The van der Waals surface area contributed by atoms with Crippen LogP contribution in [0.3, 0.4) is 0 Å². The van der Waals surface area contributed by atoms with Gasteiger partial charge in [-0.3, -0.25) is 14.4 Å². The predicted molar refractivity (Wildman–Crippen MR) is 114 cm³/mol. The number of aromatic carboxylic acids is 2. The number of carboxylic acid groups (broad SMARTS) is 2. The minimum absolute atomic E-state index is 0.0314. The molecule has 3 rings (SSSR count). The molecule has 1 heterocycles. The highest BCUT2D eigenvalue weighted by Crippen LogP contribution is 2.33. The first kappa shape index (κ1) is 22.0. The molecule has 1 aliphatic heterocycles. The van der Waals surface area contributed by atoms with E-state index in [1.54, 1.807) is 12.1 Å². The number of hydrogen-bond acceptors (Lipinski definition) is 6.